The van der Waals surface area contributed by atoms with Gasteiger partial charge in [-0.2, -0.15) is 0 Å². The van der Waals surface area contributed by atoms with Gasteiger partial charge in [0.15, 0.2) is 6.10 Å². The molecule has 4 atom stereocenters. The van der Waals surface area contributed by atoms with Crippen LogP contribution in [0.25, 0.3) is 0 Å². The van der Waals surface area contributed by atoms with Crippen LogP contribution < -0.4 is 10.1 Å². The zero-order valence-electron chi connectivity index (χ0n) is 13.9. The second kappa shape index (κ2) is 6.68. The molecule has 0 amide bonds. The van der Waals surface area contributed by atoms with Crippen LogP contribution in [-0.4, -0.2) is 43.9 Å². The average Bonchev–Trinajstić information content (AvgIpc) is 2.55. The molecule has 7 heteroatoms. The number of anilines is 1. The fraction of sp³-hybridized carbons (Fsp3) is 0.529. The first-order valence-corrected chi connectivity index (χ1v) is 7.88. The number of hydrogen-bond donors (Lipinski definition) is 1. The molecule has 1 aromatic rings. The van der Waals surface area contributed by atoms with Gasteiger partial charge in [0.2, 0.25) is 0 Å². The standard InChI is InChI=1S/C17H21NO6/c1-9(19)22-8-16-17(23-10(2)20)14-7-15(24-16)12-6-11(21-3)4-5-13(12)18-14/h4-6,14-18H,7-8H2,1-3H3/t14-,15-,16-,17+/m1/s1. The Morgan fingerprint density at radius 2 is 2.08 bits per heavy atom. The lowest BCUT2D eigenvalue weighted by Crippen LogP contribution is -2.54. The molecule has 0 radical (unpaired) electrons. The van der Waals surface area contributed by atoms with Gasteiger partial charge < -0.3 is 24.3 Å². The lowest BCUT2D eigenvalue weighted by molar-refractivity contribution is -0.185. The number of carbonyl (C=O) groups excluding carboxylic acids is 2. The van der Waals surface area contributed by atoms with Gasteiger partial charge in [0.1, 0.15) is 18.5 Å². The second-order valence-electron chi connectivity index (χ2n) is 5.98. The smallest absolute Gasteiger partial charge is 0.303 e. The van der Waals surface area contributed by atoms with Gasteiger partial charge in [0.05, 0.1) is 19.3 Å². The Morgan fingerprint density at radius 1 is 1.29 bits per heavy atom. The summed E-state index contributed by atoms with van der Waals surface area (Å²) in [5.74, 6) is -0.0422. The largest absolute Gasteiger partial charge is 0.497 e. The van der Waals surface area contributed by atoms with Crippen LogP contribution in [0, 0.1) is 0 Å². The fourth-order valence-corrected chi connectivity index (χ4v) is 3.26. The number of nitrogens with one attached hydrogen (secondary N) is 1. The molecule has 1 aromatic carbocycles. The first kappa shape index (κ1) is 16.6. The molecule has 1 saturated heterocycles. The monoisotopic (exact) mass is 335 g/mol. The number of fused-ring (bicyclic) bond motifs is 4. The van der Waals surface area contributed by atoms with Crippen molar-refractivity contribution >= 4 is 17.6 Å². The molecule has 1 fully saturated rings. The van der Waals surface area contributed by atoms with Crippen LogP contribution in [0.1, 0.15) is 31.9 Å². The van der Waals surface area contributed by atoms with Crippen molar-refractivity contribution in [3.63, 3.8) is 0 Å². The fourth-order valence-electron chi connectivity index (χ4n) is 3.26. The van der Waals surface area contributed by atoms with Crippen molar-refractivity contribution in [1.29, 1.82) is 0 Å². The van der Waals surface area contributed by atoms with Crippen molar-refractivity contribution in [2.75, 3.05) is 19.0 Å². The highest BCUT2D eigenvalue weighted by Gasteiger charge is 2.45. The van der Waals surface area contributed by atoms with Gasteiger partial charge in [-0.05, 0) is 18.2 Å². The molecule has 7 nitrogen and oxygen atoms in total. The maximum atomic E-state index is 11.5. The van der Waals surface area contributed by atoms with Gasteiger partial charge in [-0.15, -0.1) is 0 Å². The third kappa shape index (κ3) is 3.31. The number of benzene rings is 1. The van der Waals surface area contributed by atoms with E-state index in [1.54, 1.807) is 7.11 Å². The highest BCUT2D eigenvalue weighted by atomic mass is 16.6. The van der Waals surface area contributed by atoms with Crippen LogP contribution in [0.4, 0.5) is 5.69 Å². The van der Waals surface area contributed by atoms with Crippen LogP contribution in [0.5, 0.6) is 5.75 Å². The maximum absolute atomic E-state index is 11.5. The first-order valence-electron chi connectivity index (χ1n) is 7.88. The molecular weight excluding hydrogens is 314 g/mol. The number of hydrogen-bond acceptors (Lipinski definition) is 7. The lowest BCUT2D eigenvalue weighted by Gasteiger charge is -2.45. The summed E-state index contributed by atoms with van der Waals surface area (Å²) in [4.78, 5) is 22.6. The van der Waals surface area contributed by atoms with E-state index in [0.717, 1.165) is 17.0 Å². The SMILES string of the molecule is COc1ccc2c(c1)[C@H]1C[C@@H](N2)[C@H](OC(C)=O)[C@@H](COC(C)=O)O1. The van der Waals surface area contributed by atoms with Crippen molar-refractivity contribution in [2.24, 2.45) is 0 Å². The first-order chi connectivity index (χ1) is 11.5. The van der Waals surface area contributed by atoms with Crippen LogP contribution in [0.2, 0.25) is 0 Å². The predicted octanol–water partition coefficient (Wildman–Crippen LogP) is 1.81. The van der Waals surface area contributed by atoms with E-state index in [4.69, 9.17) is 18.9 Å². The van der Waals surface area contributed by atoms with Crippen LogP contribution in [0.3, 0.4) is 0 Å². The van der Waals surface area contributed by atoms with Crippen LogP contribution >= 0.6 is 0 Å². The van der Waals surface area contributed by atoms with Gasteiger partial charge >= 0.3 is 11.9 Å². The Morgan fingerprint density at radius 3 is 2.75 bits per heavy atom. The molecule has 24 heavy (non-hydrogen) atoms. The van der Waals surface area contributed by atoms with Gasteiger partial charge in [-0.1, -0.05) is 0 Å². The quantitative estimate of drug-likeness (QED) is 0.840. The molecule has 0 aliphatic carbocycles. The Bertz CT molecular complexity index is 646. The van der Waals surface area contributed by atoms with Crippen molar-refractivity contribution in [2.45, 2.75) is 44.6 Å². The van der Waals surface area contributed by atoms with Gasteiger partial charge in [0.25, 0.3) is 0 Å². The molecule has 2 aliphatic heterocycles. The van der Waals surface area contributed by atoms with Gasteiger partial charge in [-0.25, -0.2) is 0 Å². The Balaban J connectivity index is 1.87. The van der Waals surface area contributed by atoms with Gasteiger partial charge in [-0.3, -0.25) is 9.59 Å². The molecule has 2 heterocycles. The number of ether oxygens (including phenoxy) is 4. The number of carbonyl (C=O) groups is 2. The normalized spacial score (nSPS) is 27.5. The Hall–Kier alpha value is -2.28. The molecule has 1 N–H and O–H groups in total. The maximum Gasteiger partial charge on any atom is 0.303 e. The summed E-state index contributed by atoms with van der Waals surface area (Å²) in [6.45, 7) is 2.74. The minimum Gasteiger partial charge on any atom is -0.497 e. The van der Waals surface area contributed by atoms with E-state index >= 15 is 0 Å². The number of methoxy groups -OCH3 is 1. The molecule has 130 valence electrons. The van der Waals surface area contributed by atoms with E-state index in [-0.39, 0.29) is 18.8 Å². The zero-order chi connectivity index (χ0) is 17.3. The molecule has 0 unspecified atom stereocenters. The average molecular weight is 335 g/mol. The number of rotatable bonds is 4. The minimum absolute atomic E-state index is 0.0429. The zero-order valence-corrected chi connectivity index (χ0v) is 13.9. The van der Waals surface area contributed by atoms with E-state index in [1.165, 1.54) is 13.8 Å². The van der Waals surface area contributed by atoms with Crippen molar-refractivity contribution in [3.05, 3.63) is 23.8 Å². The van der Waals surface area contributed by atoms with Crippen molar-refractivity contribution < 1.29 is 28.5 Å². The Labute approximate surface area is 140 Å². The molecule has 0 saturated carbocycles. The highest BCUT2D eigenvalue weighted by molar-refractivity contribution is 5.67. The molecule has 0 spiro atoms. The second-order valence-corrected chi connectivity index (χ2v) is 5.98. The van der Waals surface area contributed by atoms with Crippen LogP contribution in [0.15, 0.2) is 18.2 Å². The number of esters is 2. The Kier molecular flexibility index (Phi) is 4.62. The molecule has 3 rings (SSSR count). The molecule has 2 aliphatic rings. The van der Waals surface area contributed by atoms with Crippen LogP contribution in [-0.2, 0) is 23.8 Å². The minimum atomic E-state index is -0.520. The summed E-state index contributed by atoms with van der Waals surface area (Å²) < 4.78 is 21.9. The summed E-state index contributed by atoms with van der Waals surface area (Å²) in [5.41, 5.74) is 1.92. The summed E-state index contributed by atoms with van der Waals surface area (Å²) in [7, 11) is 1.61. The highest BCUT2D eigenvalue weighted by Crippen LogP contribution is 2.43. The van der Waals surface area contributed by atoms with Crippen molar-refractivity contribution in [1.82, 2.24) is 0 Å². The molecule has 2 bridgehead atoms. The summed E-state index contributed by atoms with van der Waals surface area (Å²) >= 11 is 0. The van der Waals surface area contributed by atoms with E-state index < -0.39 is 24.1 Å². The lowest BCUT2D eigenvalue weighted by atomic mass is 9.87. The van der Waals surface area contributed by atoms with E-state index in [1.807, 2.05) is 18.2 Å². The molecular formula is C17H21NO6. The van der Waals surface area contributed by atoms with E-state index in [0.29, 0.717) is 6.42 Å². The summed E-state index contributed by atoms with van der Waals surface area (Å²) in [6.07, 6.45) is -0.551. The van der Waals surface area contributed by atoms with Gasteiger partial charge in [0, 0.05) is 31.5 Å². The third-order valence-corrected chi connectivity index (χ3v) is 4.27. The van der Waals surface area contributed by atoms with Crippen molar-refractivity contribution in [3.8, 4) is 5.75 Å². The third-order valence-electron chi connectivity index (χ3n) is 4.27. The summed E-state index contributed by atoms with van der Waals surface area (Å²) in [6, 6.07) is 5.62. The van der Waals surface area contributed by atoms with E-state index in [9.17, 15) is 9.59 Å². The summed E-state index contributed by atoms with van der Waals surface area (Å²) in [5, 5.41) is 3.40. The van der Waals surface area contributed by atoms with E-state index in [2.05, 4.69) is 5.32 Å². The topological polar surface area (TPSA) is 83.1 Å². The molecule has 0 aromatic heterocycles. The predicted molar refractivity (Wildman–Crippen MR) is 84.8 cm³/mol.